The zero-order chi connectivity index (χ0) is 13.7. The number of thioether (sulfide) groups is 1. The highest BCUT2D eigenvalue weighted by atomic mass is 32.2. The molecule has 0 aromatic carbocycles. The van der Waals surface area contributed by atoms with E-state index in [9.17, 15) is 9.59 Å². The van der Waals surface area contributed by atoms with E-state index in [2.05, 4.69) is 12.2 Å². The SMILES string of the molecule is CC(C)CC(NC(=O)N1CCSC(C)C1)C(=O)O. The lowest BCUT2D eigenvalue weighted by Crippen LogP contribution is -2.51. The molecule has 1 aliphatic rings. The van der Waals surface area contributed by atoms with E-state index in [1.54, 1.807) is 4.90 Å². The first-order valence-electron chi connectivity index (χ1n) is 6.30. The number of rotatable bonds is 4. The van der Waals surface area contributed by atoms with Crippen LogP contribution >= 0.6 is 11.8 Å². The van der Waals surface area contributed by atoms with Crippen LogP contribution in [-0.4, -0.2) is 52.1 Å². The molecule has 2 amide bonds. The Morgan fingerprint density at radius 2 is 2.17 bits per heavy atom. The molecule has 0 spiro atoms. The molecule has 0 aromatic heterocycles. The molecule has 6 heteroatoms. The van der Waals surface area contributed by atoms with Crippen molar-refractivity contribution >= 4 is 23.8 Å². The average molecular weight is 274 g/mol. The number of nitrogens with one attached hydrogen (secondary N) is 1. The monoisotopic (exact) mass is 274 g/mol. The summed E-state index contributed by atoms with van der Waals surface area (Å²) in [6.45, 7) is 7.34. The number of carboxylic acid groups (broad SMARTS) is 1. The lowest BCUT2D eigenvalue weighted by molar-refractivity contribution is -0.139. The molecule has 18 heavy (non-hydrogen) atoms. The largest absolute Gasteiger partial charge is 0.480 e. The molecule has 104 valence electrons. The van der Waals surface area contributed by atoms with Crippen molar-refractivity contribution < 1.29 is 14.7 Å². The van der Waals surface area contributed by atoms with Gasteiger partial charge in [0.1, 0.15) is 6.04 Å². The summed E-state index contributed by atoms with van der Waals surface area (Å²) in [6.07, 6.45) is 0.458. The van der Waals surface area contributed by atoms with Gasteiger partial charge in [-0.2, -0.15) is 11.8 Å². The van der Waals surface area contributed by atoms with Crippen LogP contribution in [0.15, 0.2) is 0 Å². The standard InChI is InChI=1S/C12H22N2O3S/c1-8(2)6-10(11(15)16)13-12(17)14-4-5-18-9(3)7-14/h8-10H,4-7H2,1-3H3,(H,13,17)(H,15,16). The van der Waals surface area contributed by atoms with Crippen LogP contribution in [0.5, 0.6) is 0 Å². The van der Waals surface area contributed by atoms with Gasteiger partial charge in [0.25, 0.3) is 0 Å². The first-order chi connectivity index (χ1) is 8.40. The summed E-state index contributed by atoms with van der Waals surface area (Å²) in [6, 6.07) is -1.04. The maximum absolute atomic E-state index is 12.0. The van der Waals surface area contributed by atoms with Gasteiger partial charge in [0.05, 0.1) is 0 Å². The predicted molar refractivity (Wildman–Crippen MR) is 72.9 cm³/mol. The number of nitrogens with zero attached hydrogens (tertiary/aromatic N) is 1. The molecule has 0 saturated carbocycles. The van der Waals surface area contributed by atoms with Crippen molar-refractivity contribution in [2.45, 2.75) is 38.5 Å². The zero-order valence-corrected chi connectivity index (χ0v) is 12.0. The highest BCUT2D eigenvalue weighted by Crippen LogP contribution is 2.17. The van der Waals surface area contributed by atoms with E-state index >= 15 is 0 Å². The van der Waals surface area contributed by atoms with E-state index in [1.807, 2.05) is 25.6 Å². The Labute approximate surface area is 112 Å². The molecule has 2 atom stereocenters. The van der Waals surface area contributed by atoms with Crippen molar-refractivity contribution in [1.29, 1.82) is 0 Å². The van der Waals surface area contributed by atoms with Crippen LogP contribution < -0.4 is 5.32 Å². The number of carbonyl (C=O) groups is 2. The molecule has 1 rings (SSSR count). The van der Waals surface area contributed by atoms with E-state index in [1.165, 1.54) is 0 Å². The first-order valence-corrected chi connectivity index (χ1v) is 7.35. The maximum atomic E-state index is 12.0. The third-order valence-electron chi connectivity index (χ3n) is 2.83. The first kappa shape index (κ1) is 15.1. The van der Waals surface area contributed by atoms with Crippen molar-refractivity contribution in [1.82, 2.24) is 10.2 Å². The number of aliphatic carboxylic acids is 1. The Balaban J connectivity index is 2.52. The summed E-state index contributed by atoms with van der Waals surface area (Å²) < 4.78 is 0. The van der Waals surface area contributed by atoms with Crippen LogP contribution in [0.1, 0.15) is 27.2 Å². The molecule has 0 aromatic rings. The van der Waals surface area contributed by atoms with Gasteiger partial charge in [-0.15, -0.1) is 0 Å². The molecular weight excluding hydrogens is 252 g/mol. The molecule has 0 radical (unpaired) electrons. The summed E-state index contributed by atoms with van der Waals surface area (Å²) in [5.41, 5.74) is 0. The summed E-state index contributed by atoms with van der Waals surface area (Å²) in [4.78, 5) is 24.8. The highest BCUT2D eigenvalue weighted by Gasteiger charge is 2.26. The third kappa shape index (κ3) is 4.76. The topological polar surface area (TPSA) is 69.6 Å². The second-order valence-electron chi connectivity index (χ2n) is 5.10. The van der Waals surface area contributed by atoms with Crippen molar-refractivity contribution in [3.05, 3.63) is 0 Å². The fraction of sp³-hybridized carbons (Fsp3) is 0.833. The van der Waals surface area contributed by atoms with Crippen molar-refractivity contribution in [3.8, 4) is 0 Å². The lowest BCUT2D eigenvalue weighted by atomic mass is 10.0. The molecule has 1 aliphatic heterocycles. The van der Waals surface area contributed by atoms with Crippen LogP contribution in [-0.2, 0) is 4.79 Å². The second kappa shape index (κ2) is 6.87. The van der Waals surface area contributed by atoms with Gasteiger partial charge in [0, 0.05) is 24.1 Å². The van der Waals surface area contributed by atoms with Gasteiger partial charge in [-0.25, -0.2) is 9.59 Å². The number of hydrogen-bond acceptors (Lipinski definition) is 3. The minimum Gasteiger partial charge on any atom is -0.480 e. The van der Waals surface area contributed by atoms with Gasteiger partial charge < -0.3 is 15.3 Å². The number of amides is 2. The average Bonchev–Trinajstić information content (AvgIpc) is 2.27. The predicted octanol–water partition coefficient (Wildman–Crippen LogP) is 1.63. The Bertz CT molecular complexity index is 310. The van der Waals surface area contributed by atoms with Gasteiger partial charge in [-0.3, -0.25) is 0 Å². The maximum Gasteiger partial charge on any atom is 0.326 e. The minimum atomic E-state index is -0.962. The summed E-state index contributed by atoms with van der Waals surface area (Å²) in [5, 5.41) is 12.1. The second-order valence-corrected chi connectivity index (χ2v) is 6.64. The zero-order valence-electron chi connectivity index (χ0n) is 11.2. The Morgan fingerprint density at radius 1 is 1.50 bits per heavy atom. The van der Waals surface area contributed by atoms with Crippen molar-refractivity contribution in [2.75, 3.05) is 18.8 Å². The molecule has 0 aliphatic carbocycles. The van der Waals surface area contributed by atoms with Crippen LogP contribution in [0.2, 0.25) is 0 Å². The van der Waals surface area contributed by atoms with Crippen molar-refractivity contribution in [3.63, 3.8) is 0 Å². The lowest BCUT2D eigenvalue weighted by Gasteiger charge is -2.31. The van der Waals surface area contributed by atoms with Gasteiger partial charge >= 0.3 is 12.0 Å². The molecule has 1 heterocycles. The van der Waals surface area contributed by atoms with E-state index in [4.69, 9.17) is 5.11 Å². The summed E-state index contributed by atoms with van der Waals surface area (Å²) in [7, 11) is 0. The van der Waals surface area contributed by atoms with Crippen LogP contribution in [0, 0.1) is 5.92 Å². The van der Waals surface area contributed by atoms with Crippen LogP contribution in [0.3, 0.4) is 0 Å². The van der Waals surface area contributed by atoms with Gasteiger partial charge in [0.2, 0.25) is 0 Å². The molecular formula is C12H22N2O3S. The Kier molecular flexibility index (Phi) is 5.78. The van der Waals surface area contributed by atoms with E-state index < -0.39 is 12.0 Å². The summed E-state index contributed by atoms with van der Waals surface area (Å²) >= 11 is 1.84. The summed E-state index contributed by atoms with van der Waals surface area (Å²) in [5.74, 6) is 0.190. The molecule has 2 N–H and O–H groups in total. The normalized spacial score (nSPS) is 21.8. The van der Waals surface area contributed by atoms with Crippen LogP contribution in [0.25, 0.3) is 0 Å². The number of carbonyl (C=O) groups excluding carboxylic acids is 1. The Morgan fingerprint density at radius 3 is 2.67 bits per heavy atom. The smallest absolute Gasteiger partial charge is 0.326 e. The van der Waals surface area contributed by atoms with Gasteiger partial charge in [0.15, 0.2) is 0 Å². The van der Waals surface area contributed by atoms with Crippen LogP contribution in [0.4, 0.5) is 4.79 Å². The molecule has 1 saturated heterocycles. The number of urea groups is 1. The minimum absolute atomic E-state index is 0.238. The van der Waals surface area contributed by atoms with E-state index in [0.717, 1.165) is 5.75 Å². The third-order valence-corrected chi connectivity index (χ3v) is 3.97. The highest BCUT2D eigenvalue weighted by molar-refractivity contribution is 7.99. The van der Waals surface area contributed by atoms with Gasteiger partial charge in [-0.05, 0) is 12.3 Å². The molecule has 0 bridgehead atoms. The number of carboxylic acids is 1. The fourth-order valence-corrected chi connectivity index (χ4v) is 2.95. The quantitative estimate of drug-likeness (QED) is 0.817. The van der Waals surface area contributed by atoms with E-state index in [0.29, 0.717) is 24.8 Å². The molecule has 2 unspecified atom stereocenters. The fourth-order valence-electron chi connectivity index (χ4n) is 1.94. The molecule has 1 fully saturated rings. The molecule has 5 nitrogen and oxygen atoms in total. The number of hydrogen-bond donors (Lipinski definition) is 2. The van der Waals surface area contributed by atoms with Crippen molar-refractivity contribution in [2.24, 2.45) is 5.92 Å². The Hall–Kier alpha value is -0.910. The van der Waals surface area contributed by atoms with Gasteiger partial charge in [-0.1, -0.05) is 20.8 Å². The van der Waals surface area contributed by atoms with E-state index in [-0.39, 0.29) is 11.9 Å².